The molecular weight excluding hydrogens is 232 g/mol. The molecule has 1 rings (SSSR count). The van der Waals surface area contributed by atoms with Crippen molar-refractivity contribution in [3.8, 4) is 5.88 Å². The molecule has 6 nitrogen and oxygen atoms in total. The highest BCUT2D eigenvalue weighted by Gasteiger charge is 2.10. The van der Waals surface area contributed by atoms with Crippen molar-refractivity contribution in [1.29, 1.82) is 0 Å². The van der Waals surface area contributed by atoms with Crippen molar-refractivity contribution in [2.75, 3.05) is 7.11 Å². The molecular formula is C12H20N4O2. The van der Waals surface area contributed by atoms with Gasteiger partial charge in [-0.1, -0.05) is 18.1 Å². The van der Waals surface area contributed by atoms with Gasteiger partial charge in [-0.2, -0.15) is 0 Å². The summed E-state index contributed by atoms with van der Waals surface area (Å²) in [5.74, 6) is 0.844. The minimum atomic E-state index is 0.158. The van der Waals surface area contributed by atoms with E-state index in [1.165, 1.54) is 0 Å². The lowest BCUT2D eigenvalue weighted by Crippen LogP contribution is -2.32. The van der Waals surface area contributed by atoms with Crippen molar-refractivity contribution in [1.82, 2.24) is 10.3 Å². The van der Waals surface area contributed by atoms with Crippen molar-refractivity contribution >= 4 is 5.84 Å². The highest BCUT2D eigenvalue weighted by Crippen LogP contribution is 2.13. The van der Waals surface area contributed by atoms with Gasteiger partial charge in [-0.3, -0.25) is 0 Å². The van der Waals surface area contributed by atoms with Crippen LogP contribution in [0.3, 0.4) is 0 Å². The van der Waals surface area contributed by atoms with Crippen LogP contribution in [0.25, 0.3) is 0 Å². The smallest absolute Gasteiger partial charge is 0.217 e. The quantitative estimate of drug-likeness (QED) is 0.292. The first-order valence-electron chi connectivity index (χ1n) is 5.88. The molecule has 6 heteroatoms. The van der Waals surface area contributed by atoms with Crippen LogP contribution in [0, 0.1) is 0 Å². The predicted octanol–water partition coefficient (Wildman–Crippen LogP) is 1.09. The van der Waals surface area contributed by atoms with Crippen LogP contribution in [-0.4, -0.2) is 29.2 Å². The third kappa shape index (κ3) is 4.21. The highest BCUT2D eigenvalue weighted by molar-refractivity contribution is 5.80. The zero-order chi connectivity index (χ0) is 13.4. The normalized spacial score (nSPS) is 13.3. The predicted molar refractivity (Wildman–Crippen MR) is 69.7 cm³/mol. The fraction of sp³-hybridized carbons (Fsp3) is 0.500. The zero-order valence-electron chi connectivity index (χ0n) is 10.8. The van der Waals surface area contributed by atoms with Crippen LogP contribution in [0.2, 0.25) is 0 Å². The summed E-state index contributed by atoms with van der Waals surface area (Å²) in [6, 6.07) is 3.98. The van der Waals surface area contributed by atoms with Crippen LogP contribution in [0.5, 0.6) is 5.88 Å². The number of methoxy groups -OCH3 is 1. The molecule has 4 N–H and O–H groups in total. The minimum Gasteiger partial charge on any atom is -0.481 e. The number of hydrogen-bond donors (Lipinski definition) is 3. The second-order valence-corrected chi connectivity index (χ2v) is 3.95. The van der Waals surface area contributed by atoms with Crippen molar-refractivity contribution in [2.24, 2.45) is 10.9 Å². The molecule has 1 aromatic rings. The fourth-order valence-electron chi connectivity index (χ4n) is 1.65. The monoisotopic (exact) mass is 252 g/mol. The molecule has 0 saturated heterocycles. The van der Waals surface area contributed by atoms with Gasteiger partial charge in [-0.15, -0.1) is 0 Å². The van der Waals surface area contributed by atoms with Crippen LogP contribution in [0.15, 0.2) is 23.5 Å². The van der Waals surface area contributed by atoms with E-state index in [2.05, 4.69) is 15.5 Å². The largest absolute Gasteiger partial charge is 0.481 e. The Hall–Kier alpha value is -1.82. The van der Waals surface area contributed by atoms with Gasteiger partial charge < -0.3 is 21.0 Å². The Kier molecular flexibility index (Phi) is 5.93. The second-order valence-electron chi connectivity index (χ2n) is 3.95. The molecule has 0 aromatic carbocycles. The summed E-state index contributed by atoms with van der Waals surface area (Å²) in [5, 5.41) is 14.9. The van der Waals surface area contributed by atoms with Crippen molar-refractivity contribution in [2.45, 2.75) is 32.4 Å². The number of nitrogens with two attached hydrogens (primary N) is 1. The maximum absolute atomic E-state index is 8.55. The molecule has 0 spiro atoms. The lowest BCUT2D eigenvalue weighted by molar-refractivity contribution is 0.315. The number of nitrogens with one attached hydrogen (secondary N) is 1. The Bertz CT molecular complexity index is 395. The molecule has 0 amide bonds. The fourth-order valence-corrected chi connectivity index (χ4v) is 1.65. The van der Waals surface area contributed by atoms with E-state index in [0.29, 0.717) is 18.8 Å². The van der Waals surface area contributed by atoms with Crippen molar-refractivity contribution in [3.05, 3.63) is 23.9 Å². The first kappa shape index (κ1) is 14.2. The SMILES string of the molecule is CCC(CC(N)=NO)NCc1cccnc1OC. The first-order valence-corrected chi connectivity index (χ1v) is 5.88. The summed E-state index contributed by atoms with van der Waals surface area (Å²) >= 11 is 0. The lowest BCUT2D eigenvalue weighted by Gasteiger charge is -2.16. The van der Waals surface area contributed by atoms with Crippen LogP contribution in [0.1, 0.15) is 25.3 Å². The van der Waals surface area contributed by atoms with Gasteiger partial charge in [0.25, 0.3) is 0 Å². The topological polar surface area (TPSA) is 92.8 Å². The molecule has 0 fully saturated rings. The number of pyridine rings is 1. The molecule has 1 unspecified atom stereocenters. The molecule has 1 atom stereocenters. The molecule has 0 saturated carbocycles. The van der Waals surface area contributed by atoms with E-state index in [1.54, 1.807) is 13.3 Å². The Morgan fingerprint density at radius 3 is 3.06 bits per heavy atom. The van der Waals surface area contributed by atoms with E-state index >= 15 is 0 Å². The van der Waals surface area contributed by atoms with Crippen LogP contribution in [0.4, 0.5) is 0 Å². The molecule has 100 valence electrons. The van der Waals surface area contributed by atoms with Crippen LogP contribution >= 0.6 is 0 Å². The molecule has 0 aliphatic heterocycles. The lowest BCUT2D eigenvalue weighted by atomic mass is 10.1. The summed E-state index contributed by atoms with van der Waals surface area (Å²) in [5.41, 5.74) is 6.48. The van der Waals surface area contributed by atoms with Gasteiger partial charge in [0.15, 0.2) is 0 Å². The molecule has 0 aliphatic rings. The molecule has 18 heavy (non-hydrogen) atoms. The summed E-state index contributed by atoms with van der Waals surface area (Å²) in [6.45, 7) is 2.68. The number of ether oxygens (including phenoxy) is 1. The number of nitrogens with zero attached hydrogens (tertiary/aromatic N) is 2. The molecule has 1 aromatic heterocycles. The molecule has 0 bridgehead atoms. The number of rotatable bonds is 7. The number of hydrogen-bond acceptors (Lipinski definition) is 5. The average Bonchev–Trinajstić information content (AvgIpc) is 2.43. The Morgan fingerprint density at radius 1 is 1.67 bits per heavy atom. The number of aromatic nitrogens is 1. The van der Waals surface area contributed by atoms with E-state index in [4.69, 9.17) is 15.7 Å². The van der Waals surface area contributed by atoms with Gasteiger partial charge >= 0.3 is 0 Å². The Morgan fingerprint density at radius 2 is 2.44 bits per heavy atom. The number of oxime groups is 1. The highest BCUT2D eigenvalue weighted by atomic mass is 16.5. The van der Waals surface area contributed by atoms with E-state index in [9.17, 15) is 0 Å². The summed E-state index contributed by atoms with van der Waals surface area (Å²) < 4.78 is 5.17. The van der Waals surface area contributed by atoms with Gasteiger partial charge in [0.2, 0.25) is 5.88 Å². The van der Waals surface area contributed by atoms with Gasteiger partial charge in [-0.25, -0.2) is 4.98 Å². The van der Waals surface area contributed by atoms with Gasteiger partial charge in [-0.05, 0) is 12.5 Å². The Labute approximate surface area is 107 Å². The molecule has 1 heterocycles. The van der Waals surface area contributed by atoms with Crippen LogP contribution < -0.4 is 15.8 Å². The van der Waals surface area contributed by atoms with E-state index in [1.807, 2.05) is 19.1 Å². The van der Waals surface area contributed by atoms with E-state index in [-0.39, 0.29) is 11.9 Å². The van der Waals surface area contributed by atoms with Crippen molar-refractivity contribution < 1.29 is 9.94 Å². The van der Waals surface area contributed by atoms with Gasteiger partial charge in [0, 0.05) is 30.8 Å². The maximum atomic E-state index is 8.55. The molecule has 0 aliphatic carbocycles. The third-order valence-electron chi connectivity index (χ3n) is 2.70. The van der Waals surface area contributed by atoms with E-state index in [0.717, 1.165) is 12.0 Å². The van der Waals surface area contributed by atoms with E-state index < -0.39 is 0 Å². The minimum absolute atomic E-state index is 0.158. The Balaban J connectivity index is 2.57. The summed E-state index contributed by atoms with van der Waals surface area (Å²) in [7, 11) is 1.60. The number of amidine groups is 1. The first-order chi connectivity index (χ1) is 8.71. The van der Waals surface area contributed by atoms with Crippen molar-refractivity contribution in [3.63, 3.8) is 0 Å². The standard InChI is InChI=1S/C12H20N4O2/c1-3-10(7-11(13)16-17)15-8-9-5-4-6-14-12(9)18-2/h4-6,10,15,17H,3,7-8H2,1-2H3,(H2,13,16). The average molecular weight is 252 g/mol. The van der Waals surface area contributed by atoms with Crippen LogP contribution in [-0.2, 0) is 6.54 Å². The molecule has 0 radical (unpaired) electrons. The van der Waals surface area contributed by atoms with Gasteiger partial charge in [0.1, 0.15) is 5.84 Å². The second kappa shape index (κ2) is 7.50. The maximum Gasteiger partial charge on any atom is 0.217 e. The summed E-state index contributed by atoms with van der Waals surface area (Å²) in [6.07, 6.45) is 3.09. The summed E-state index contributed by atoms with van der Waals surface area (Å²) in [4.78, 5) is 4.13. The zero-order valence-corrected chi connectivity index (χ0v) is 10.8. The third-order valence-corrected chi connectivity index (χ3v) is 2.70. The van der Waals surface area contributed by atoms with Gasteiger partial charge in [0.05, 0.1) is 7.11 Å².